The molecule has 1 heterocycles. The van der Waals surface area contributed by atoms with E-state index in [9.17, 15) is 4.79 Å². The third-order valence-corrected chi connectivity index (χ3v) is 3.77. The molecule has 2 amide bonds. The first-order chi connectivity index (χ1) is 7.24. The minimum atomic E-state index is 0.209. The van der Waals surface area contributed by atoms with Gasteiger partial charge in [-0.1, -0.05) is 12.8 Å². The standard InChI is InChI=1S/C11H21N3O/c1-13-10(6-7-12)8-14(11(13)15)9-4-2-3-5-9/h9-10H,2-8,12H2,1H3. The highest BCUT2D eigenvalue weighted by Crippen LogP contribution is 2.28. The molecule has 1 atom stereocenters. The van der Waals surface area contributed by atoms with Crippen molar-refractivity contribution in [2.45, 2.75) is 44.2 Å². The molecule has 15 heavy (non-hydrogen) atoms. The Kier molecular flexibility index (Phi) is 3.14. The van der Waals surface area contributed by atoms with Crippen LogP contribution in [0.2, 0.25) is 0 Å². The zero-order chi connectivity index (χ0) is 10.8. The summed E-state index contributed by atoms with van der Waals surface area (Å²) in [6, 6.07) is 1.05. The molecule has 0 radical (unpaired) electrons. The Hall–Kier alpha value is -0.770. The van der Waals surface area contributed by atoms with Crippen LogP contribution in [0.3, 0.4) is 0 Å². The van der Waals surface area contributed by atoms with E-state index in [0.717, 1.165) is 13.0 Å². The van der Waals surface area contributed by atoms with Crippen molar-refractivity contribution in [3.8, 4) is 0 Å². The number of nitrogens with two attached hydrogens (primary N) is 1. The monoisotopic (exact) mass is 211 g/mol. The van der Waals surface area contributed by atoms with Crippen LogP contribution in [0.15, 0.2) is 0 Å². The van der Waals surface area contributed by atoms with E-state index < -0.39 is 0 Å². The molecule has 0 aromatic rings. The summed E-state index contributed by atoms with van der Waals surface area (Å²) < 4.78 is 0. The van der Waals surface area contributed by atoms with E-state index in [1.807, 2.05) is 11.9 Å². The summed E-state index contributed by atoms with van der Waals surface area (Å²) in [5.74, 6) is 0. The van der Waals surface area contributed by atoms with Gasteiger partial charge in [-0.25, -0.2) is 4.79 Å². The maximum absolute atomic E-state index is 12.0. The fraction of sp³-hybridized carbons (Fsp3) is 0.909. The average molecular weight is 211 g/mol. The molecular weight excluding hydrogens is 190 g/mol. The van der Waals surface area contributed by atoms with Gasteiger partial charge in [0.1, 0.15) is 0 Å². The van der Waals surface area contributed by atoms with Crippen molar-refractivity contribution >= 4 is 6.03 Å². The van der Waals surface area contributed by atoms with Crippen molar-refractivity contribution in [2.75, 3.05) is 20.1 Å². The molecule has 86 valence electrons. The van der Waals surface area contributed by atoms with Gasteiger partial charge >= 0.3 is 6.03 Å². The predicted molar refractivity (Wildman–Crippen MR) is 59.6 cm³/mol. The van der Waals surface area contributed by atoms with Crippen molar-refractivity contribution in [3.63, 3.8) is 0 Å². The van der Waals surface area contributed by atoms with Crippen LogP contribution in [0.25, 0.3) is 0 Å². The van der Waals surface area contributed by atoms with Gasteiger partial charge < -0.3 is 15.5 Å². The summed E-state index contributed by atoms with van der Waals surface area (Å²) >= 11 is 0. The van der Waals surface area contributed by atoms with Crippen LogP contribution >= 0.6 is 0 Å². The normalized spacial score (nSPS) is 28.1. The summed E-state index contributed by atoms with van der Waals surface area (Å²) in [5.41, 5.74) is 5.56. The second kappa shape index (κ2) is 4.39. The van der Waals surface area contributed by atoms with Gasteiger partial charge in [-0.15, -0.1) is 0 Å². The summed E-state index contributed by atoms with van der Waals surface area (Å²) in [6.07, 6.45) is 5.86. The minimum Gasteiger partial charge on any atom is -0.330 e. The molecule has 1 saturated carbocycles. The predicted octanol–water partition coefficient (Wildman–Crippen LogP) is 1.01. The Balaban J connectivity index is 1.99. The van der Waals surface area contributed by atoms with Gasteiger partial charge in [0.05, 0.1) is 6.04 Å². The molecule has 0 aromatic carbocycles. The van der Waals surface area contributed by atoms with Crippen LogP contribution in [0, 0.1) is 0 Å². The van der Waals surface area contributed by atoms with Gasteiger partial charge in [-0.3, -0.25) is 0 Å². The lowest BCUT2D eigenvalue weighted by Gasteiger charge is -2.22. The van der Waals surface area contributed by atoms with Crippen LogP contribution in [0.5, 0.6) is 0 Å². The number of rotatable bonds is 3. The maximum Gasteiger partial charge on any atom is 0.320 e. The van der Waals surface area contributed by atoms with E-state index >= 15 is 0 Å². The zero-order valence-electron chi connectivity index (χ0n) is 9.48. The molecule has 0 aromatic heterocycles. The fourth-order valence-electron chi connectivity index (χ4n) is 2.78. The largest absolute Gasteiger partial charge is 0.330 e. The van der Waals surface area contributed by atoms with Gasteiger partial charge in [0.2, 0.25) is 0 Å². The SMILES string of the molecule is CN1C(=O)N(C2CCCC2)CC1CCN. The fourth-order valence-corrected chi connectivity index (χ4v) is 2.78. The van der Waals surface area contributed by atoms with Crippen LogP contribution in [0.1, 0.15) is 32.1 Å². The lowest BCUT2D eigenvalue weighted by Crippen LogP contribution is -2.36. The molecule has 1 unspecified atom stereocenters. The highest BCUT2D eigenvalue weighted by Gasteiger charge is 2.38. The van der Waals surface area contributed by atoms with E-state index in [1.165, 1.54) is 25.7 Å². The van der Waals surface area contributed by atoms with E-state index in [2.05, 4.69) is 4.90 Å². The highest BCUT2D eigenvalue weighted by atomic mass is 16.2. The zero-order valence-corrected chi connectivity index (χ0v) is 9.48. The second-order valence-corrected chi connectivity index (χ2v) is 4.72. The quantitative estimate of drug-likeness (QED) is 0.757. The Morgan fingerprint density at radius 2 is 2.07 bits per heavy atom. The van der Waals surface area contributed by atoms with Crippen molar-refractivity contribution in [1.29, 1.82) is 0 Å². The van der Waals surface area contributed by atoms with E-state index in [0.29, 0.717) is 18.6 Å². The first-order valence-electron chi connectivity index (χ1n) is 5.97. The molecule has 1 aliphatic heterocycles. The third-order valence-electron chi connectivity index (χ3n) is 3.77. The van der Waals surface area contributed by atoms with Crippen molar-refractivity contribution in [3.05, 3.63) is 0 Å². The molecule has 0 bridgehead atoms. The van der Waals surface area contributed by atoms with Crippen LogP contribution in [-0.2, 0) is 0 Å². The van der Waals surface area contributed by atoms with Crippen molar-refractivity contribution < 1.29 is 4.79 Å². The van der Waals surface area contributed by atoms with Gasteiger partial charge in [0.25, 0.3) is 0 Å². The Morgan fingerprint density at radius 1 is 1.40 bits per heavy atom. The number of hydrogen-bond acceptors (Lipinski definition) is 2. The summed E-state index contributed by atoms with van der Waals surface area (Å²) in [7, 11) is 1.90. The number of nitrogens with zero attached hydrogens (tertiary/aromatic N) is 2. The molecule has 0 spiro atoms. The number of carbonyl (C=O) groups excluding carboxylic acids is 1. The highest BCUT2D eigenvalue weighted by molar-refractivity contribution is 5.77. The number of hydrogen-bond donors (Lipinski definition) is 1. The number of carbonyl (C=O) groups is 1. The molecular formula is C11H21N3O. The van der Waals surface area contributed by atoms with E-state index in [4.69, 9.17) is 5.73 Å². The maximum atomic E-state index is 12.0. The molecule has 4 heteroatoms. The van der Waals surface area contributed by atoms with Crippen LogP contribution in [0.4, 0.5) is 4.79 Å². The topological polar surface area (TPSA) is 49.6 Å². The number of likely N-dealkylation sites (N-methyl/N-ethyl adjacent to an activating group) is 1. The van der Waals surface area contributed by atoms with Gasteiger partial charge in [-0.05, 0) is 25.8 Å². The molecule has 2 aliphatic rings. The summed E-state index contributed by atoms with van der Waals surface area (Å²) in [6.45, 7) is 1.55. The smallest absolute Gasteiger partial charge is 0.320 e. The molecule has 4 nitrogen and oxygen atoms in total. The molecule has 1 saturated heterocycles. The lowest BCUT2D eigenvalue weighted by molar-refractivity contribution is 0.181. The van der Waals surface area contributed by atoms with Crippen LogP contribution in [-0.4, -0.2) is 48.1 Å². The average Bonchev–Trinajstić information content (AvgIpc) is 2.82. The Labute approximate surface area is 91.4 Å². The van der Waals surface area contributed by atoms with Gasteiger partial charge in [0.15, 0.2) is 0 Å². The third kappa shape index (κ3) is 1.95. The summed E-state index contributed by atoms with van der Waals surface area (Å²) in [4.78, 5) is 15.9. The van der Waals surface area contributed by atoms with Gasteiger partial charge in [0, 0.05) is 19.6 Å². The van der Waals surface area contributed by atoms with E-state index in [1.54, 1.807) is 0 Å². The Morgan fingerprint density at radius 3 is 2.67 bits per heavy atom. The first-order valence-corrected chi connectivity index (χ1v) is 5.97. The second-order valence-electron chi connectivity index (χ2n) is 4.72. The molecule has 2 fully saturated rings. The molecule has 1 aliphatic carbocycles. The minimum absolute atomic E-state index is 0.209. The Bertz CT molecular complexity index is 238. The summed E-state index contributed by atoms with van der Waals surface area (Å²) in [5, 5.41) is 0. The van der Waals surface area contributed by atoms with Gasteiger partial charge in [-0.2, -0.15) is 0 Å². The molecule has 2 N–H and O–H groups in total. The van der Waals surface area contributed by atoms with Crippen molar-refractivity contribution in [1.82, 2.24) is 9.80 Å². The lowest BCUT2D eigenvalue weighted by atomic mass is 10.2. The van der Waals surface area contributed by atoms with Crippen molar-refractivity contribution in [2.24, 2.45) is 5.73 Å². The first kappa shape index (κ1) is 10.7. The number of urea groups is 1. The van der Waals surface area contributed by atoms with E-state index in [-0.39, 0.29) is 6.03 Å². The molecule has 2 rings (SSSR count). The van der Waals surface area contributed by atoms with Crippen LogP contribution < -0.4 is 5.73 Å². The number of amides is 2.